The van der Waals surface area contributed by atoms with Gasteiger partial charge < -0.3 is 25.2 Å². The van der Waals surface area contributed by atoms with Crippen molar-refractivity contribution in [2.75, 3.05) is 13.7 Å². The summed E-state index contributed by atoms with van der Waals surface area (Å²) < 4.78 is 11.0. The fraction of sp³-hybridized carbons (Fsp3) is 0.474. The maximum atomic E-state index is 12.2. The van der Waals surface area contributed by atoms with Crippen LogP contribution < -0.4 is 15.4 Å². The van der Waals surface area contributed by atoms with E-state index >= 15 is 0 Å². The van der Waals surface area contributed by atoms with Crippen LogP contribution in [0, 0.1) is 0 Å². The molecular formula is C19H26N2O5. The summed E-state index contributed by atoms with van der Waals surface area (Å²) >= 11 is 0. The van der Waals surface area contributed by atoms with Gasteiger partial charge in [0.05, 0.1) is 32.3 Å². The summed E-state index contributed by atoms with van der Waals surface area (Å²) in [6.45, 7) is 1.88. The lowest BCUT2D eigenvalue weighted by Crippen LogP contribution is -2.48. The van der Waals surface area contributed by atoms with Crippen LogP contribution in [0.2, 0.25) is 0 Å². The molecule has 0 saturated carbocycles. The highest BCUT2D eigenvalue weighted by molar-refractivity contribution is 5.77. The molecule has 0 spiro atoms. The quantitative estimate of drug-likeness (QED) is 0.598. The zero-order chi connectivity index (χ0) is 18.9. The number of nitrogens with one attached hydrogen (secondary N) is 2. The number of ether oxygens (including phenoxy) is 2. The number of aliphatic hydroxyl groups is 1. The number of rotatable bonds is 8. The van der Waals surface area contributed by atoms with Crippen LogP contribution in [-0.4, -0.2) is 48.9 Å². The van der Waals surface area contributed by atoms with Crippen LogP contribution in [0.15, 0.2) is 36.4 Å². The van der Waals surface area contributed by atoms with Crippen molar-refractivity contribution in [1.29, 1.82) is 0 Å². The number of amides is 2. The Bertz CT molecular complexity index is 647. The lowest BCUT2D eigenvalue weighted by molar-refractivity contribution is -0.128. The van der Waals surface area contributed by atoms with Crippen molar-refractivity contribution in [2.45, 2.75) is 44.6 Å². The fourth-order valence-corrected chi connectivity index (χ4v) is 2.72. The van der Waals surface area contributed by atoms with E-state index in [2.05, 4.69) is 10.6 Å². The van der Waals surface area contributed by atoms with E-state index in [4.69, 9.17) is 9.47 Å². The molecule has 26 heavy (non-hydrogen) atoms. The molecule has 1 aliphatic rings. The van der Waals surface area contributed by atoms with Crippen LogP contribution in [0.1, 0.15) is 25.3 Å². The molecule has 1 aromatic carbocycles. The molecule has 0 unspecified atom stereocenters. The Morgan fingerprint density at radius 2 is 2.00 bits per heavy atom. The summed E-state index contributed by atoms with van der Waals surface area (Å²) in [5.74, 6) is 0.435. The number of aliphatic hydroxyl groups excluding tert-OH is 1. The number of carbonyl (C=O) groups is 2. The average Bonchev–Trinajstić information content (AvgIpc) is 2.67. The first-order valence-electron chi connectivity index (χ1n) is 8.70. The third kappa shape index (κ3) is 5.57. The standard InChI is InChI=1S/C19H26N2O5/c1-3-18(23)21-15-9-8-14(26-17(15)12-22)10-19(24)20-11-13-6-4-5-7-16(13)25-2/h4-9,14-15,17,22H,3,10-12H2,1-2H3,(H,20,24)(H,21,23)/t14-,15-,17-/m0/s1. The zero-order valence-corrected chi connectivity index (χ0v) is 15.1. The van der Waals surface area contributed by atoms with Crippen LogP contribution in [-0.2, 0) is 20.9 Å². The third-order valence-electron chi connectivity index (χ3n) is 4.17. The van der Waals surface area contributed by atoms with Crippen molar-refractivity contribution in [3.05, 3.63) is 42.0 Å². The van der Waals surface area contributed by atoms with Gasteiger partial charge in [-0.25, -0.2) is 0 Å². The van der Waals surface area contributed by atoms with Crippen LogP contribution in [0.25, 0.3) is 0 Å². The first-order chi connectivity index (χ1) is 12.6. The maximum Gasteiger partial charge on any atom is 0.223 e. The Balaban J connectivity index is 1.87. The van der Waals surface area contributed by atoms with E-state index < -0.39 is 12.2 Å². The van der Waals surface area contributed by atoms with E-state index in [0.29, 0.717) is 13.0 Å². The first kappa shape index (κ1) is 19.9. The van der Waals surface area contributed by atoms with Gasteiger partial charge in [-0.15, -0.1) is 0 Å². The minimum absolute atomic E-state index is 0.116. The second-order valence-corrected chi connectivity index (χ2v) is 6.02. The molecule has 2 amide bonds. The van der Waals surface area contributed by atoms with Gasteiger partial charge in [-0.3, -0.25) is 9.59 Å². The normalized spacial score (nSPS) is 21.9. The van der Waals surface area contributed by atoms with Gasteiger partial charge in [0.25, 0.3) is 0 Å². The molecule has 3 N–H and O–H groups in total. The predicted molar refractivity (Wildman–Crippen MR) is 96.6 cm³/mol. The number of methoxy groups -OCH3 is 1. The minimum Gasteiger partial charge on any atom is -0.496 e. The molecule has 3 atom stereocenters. The second kappa shape index (κ2) is 9.94. The lowest BCUT2D eigenvalue weighted by atomic mass is 10.0. The van der Waals surface area contributed by atoms with E-state index in [9.17, 15) is 14.7 Å². The van der Waals surface area contributed by atoms with E-state index in [-0.39, 0.29) is 30.9 Å². The number of carbonyl (C=O) groups excluding carboxylic acids is 2. The molecule has 7 nitrogen and oxygen atoms in total. The topological polar surface area (TPSA) is 96.9 Å². The van der Waals surface area contributed by atoms with E-state index in [1.165, 1.54) is 0 Å². The van der Waals surface area contributed by atoms with E-state index in [0.717, 1.165) is 11.3 Å². The summed E-state index contributed by atoms with van der Waals surface area (Å²) in [4.78, 5) is 23.7. The van der Waals surface area contributed by atoms with Crippen molar-refractivity contribution < 1.29 is 24.2 Å². The lowest BCUT2D eigenvalue weighted by Gasteiger charge is -2.31. The van der Waals surface area contributed by atoms with Crippen molar-refractivity contribution in [3.8, 4) is 5.75 Å². The molecule has 0 radical (unpaired) electrons. The SMILES string of the molecule is CCC(=O)N[C@H]1C=C[C@@H](CC(=O)NCc2ccccc2OC)O[C@H]1CO. The van der Waals surface area contributed by atoms with Gasteiger partial charge in [0.2, 0.25) is 11.8 Å². The Morgan fingerprint density at radius 3 is 2.69 bits per heavy atom. The Labute approximate surface area is 153 Å². The fourth-order valence-electron chi connectivity index (χ4n) is 2.72. The van der Waals surface area contributed by atoms with Gasteiger partial charge in [0.15, 0.2) is 0 Å². The van der Waals surface area contributed by atoms with Crippen molar-refractivity contribution in [3.63, 3.8) is 0 Å². The third-order valence-corrected chi connectivity index (χ3v) is 4.17. The van der Waals surface area contributed by atoms with Crippen LogP contribution in [0.5, 0.6) is 5.75 Å². The number of para-hydroxylation sites is 1. The zero-order valence-electron chi connectivity index (χ0n) is 15.1. The van der Waals surface area contributed by atoms with Gasteiger partial charge in [-0.05, 0) is 6.07 Å². The van der Waals surface area contributed by atoms with Crippen molar-refractivity contribution >= 4 is 11.8 Å². The largest absolute Gasteiger partial charge is 0.496 e. The molecule has 142 valence electrons. The van der Waals surface area contributed by atoms with Crippen molar-refractivity contribution in [2.24, 2.45) is 0 Å². The summed E-state index contributed by atoms with van der Waals surface area (Å²) in [6, 6.07) is 7.09. The highest BCUT2D eigenvalue weighted by Gasteiger charge is 2.28. The van der Waals surface area contributed by atoms with Gasteiger partial charge in [0.1, 0.15) is 11.9 Å². The molecule has 1 heterocycles. The highest BCUT2D eigenvalue weighted by atomic mass is 16.5. The van der Waals surface area contributed by atoms with E-state index in [1.807, 2.05) is 24.3 Å². The number of hydrogen-bond acceptors (Lipinski definition) is 5. The minimum atomic E-state index is -0.567. The predicted octanol–water partition coefficient (Wildman–Crippen LogP) is 0.912. The summed E-state index contributed by atoms with van der Waals surface area (Å²) in [6.07, 6.45) is 3.00. The molecular weight excluding hydrogens is 336 g/mol. The summed E-state index contributed by atoms with van der Waals surface area (Å²) in [5.41, 5.74) is 0.888. The number of benzene rings is 1. The molecule has 2 rings (SSSR count). The van der Waals surface area contributed by atoms with Crippen molar-refractivity contribution in [1.82, 2.24) is 10.6 Å². The Hall–Kier alpha value is -2.38. The maximum absolute atomic E-state index is 12.2. The van der Waals surface area contributed by atoms with Crippen LogP contribution in [0.3, 0.4) is 0 Å². The molecule has 0 bridgehead atoms. The average molecular weight is 362 g/mol. The van der Waals surface area contributed by atoms with Gasteiger partial charge in [-0.2, -0.15) is 0 Å². The number of hydrogen-bond donors (Lipinski definition) is 3. The monoisotopic (exact) mass is 362 g/mol. The van der Waals surface area contributed by atoms with Crippen LogP contribution in [0.4, 0.5) is 0 Å². The molecule has 1 aliphatic heterocycles. The smallest absolute Gasteiger partial charge is 0.223 e. The molecule has 0 aliphatic carbocycles. The Morgan fingerprint density at radius 1 is 1.23 bits per heavy atom. The first-order valence-corrected chi connectivity index (χ1v) is 8.70. The van der Waals surface area contributed by atoms with Gasteiger partial charge >= 0.3 is 0 Å². The second-order valence-electron chi connectivity index (χ2n) is 6.02. The molecule has 7 heteroatoms. The molecule has 0 aromatic heterocycles. The van der Waals surface area contributed by atoms with Gasteiger partial charge in [0, 0.05) is 18.5 Å². The van der Waals surface area contributed by atoms with Crippen LogP contribution >= 0.6 is 0 Å². The Kier molecular flexibility index (Phi) is 7.62. The van der Waals surface area contributed by atoms with Gasteiger partial charge in [-0.1, -0.05) is 37.3 Å². The van der Waals surface area contributed by atoms with E-state index in [1.54, 1.807) is 26.2 Å². The summed E-state index contributed by atoms with van der Waals surface area (Å²) in [7, 11) is 1.59. The highest BCUT2D eigenvalue weighted by Crippen LogP contribution is 2.18. The molecule has 0 fully saturated rings. The summed E-state index contributed by atoms with van der Waals surface area (Å²) in [5, 5.41) is 15.1. The molecule has 1 aromatic rings. The molecule has 0 saturated heterocycles.